The molecule has 1 aliphatic carbocycles. The van der Waals surface area contributed by atoms with Crippen LogP contribution in [0.15, 0.2) is 24.8 Å². The van der Waals surface area contributed by atoms with Crippen molar-refractivity contribution in [1.82, 2.24) is 0 Å². The van der Waals surface area contributed by atoms with Crippen molar-refractivity contribution < 1.29 is 19.8 Å². The second-order valence-electron chi connectivity index (χ2n) is 3.71. The molecule has 2 N–H and O–H groups in total. The zero-order valence-corrected chi connectivity index (χ0v) is 8.35. The Balaban J connectivity index is 3.14. The number of carboxylic acid groups (broad SMARTS) is 2. The van der Waals surface area contributed by atoms with E-state index in [0.29, 0.717) is 12.8 Å². The molecule has 0 amide bonds. The van der Waals surface area contributed by atoms with Gasteiger partial charge in [-0.3, -0.25) is 9.59 Å². The van der Waals surface area contributed by atoms with Gasteiger partial charge >= 0.3 is 11.9 Å². The van der Waals surface area contributed by atoms with Gasteiger partial charge in [-0.25, -0.2) is 0 Å². The zero-order chi connectivity index (χ0) is 11.5. The number of rotatable bonds is 4. The minimum Gasteiger partial charge on any atom is -0.481 e. The topological polar surface area (TPSA) is 74.6 Å². The molecule has 0 heterocycles. The molecule has 0 aromatic rings. The van der Waals surface area contributed by atoms with E-state index in [0.717, 1.165) is 0 Å². The summed E-state index contributed by atoms with van der Waals surface area (Å²) < 4.78 is 0. The fourth-order valence-corrected chi connectivity index (χ4v) is 2.03. The van der Waals surface area contributed by atoms with E-state index in [1.54, 1.807) is 6.08 Å². The third kappa shape index (κ3) is 1.93. The van der Waals surface area contributed by atoms with Crippen LogP contribution in [-0.2, 0) is 9.59 Å². The summed E-state index contributed by atoms with van der Waals surface area (Å²) >= 11 is 0. The van der Waals surface area contributed by atoms with Crippen molar-refractivity contribution in [3.8, 4) is 0 Å². The summed E-state index contributed by atoms with van der Waals surface area (Å²) in [6, 6.07) is 0. The normalized spacial score (nSPS) is 29.7. The molecule has 0 radical (unpaired) electrons. The fraction of sp³-hybridized carbons (Fsp3) is 0.455. The molecule has 1 aliphatic rings. The largest absolute Gasteiger partial charge is 0.481 e. The van der Waals surface area contributed by atoms with Crippen LogP contribution >= 0.6 is 0 Å². The van der Waals surface area contributed by atoms with Crippen LogP contribution in [-0.4, -0.2) is 22.2 Å². The lowest BCUT2D eigenvalue weighted by atomic mass is 9.68. The van der Waals surface area contributed by atoms with Crippen molar-refractivity contribution in [2.24, 2.45) is 11.3 Å². The second kappa shape index (κ2) is 4.29. The zero-order valence-electron chi connectivity index (χ0n) is 8.35. The third-order valence-electron chi connectivity index (χ3n) is 2.84. The van der Waals surface area contributed by atoms with Crippen LogP contribution in [0.4, 0.5) is 0 Å². The molecule has 0 fully saturated rings. The summed E-state index contributed by atoms with van der Waals surface area (Å²) in [6.45, 7) is 3.49. The molecular weight excluding hydrogens is 196 g/mol. The molecule has 0 saturated heterocycles. The summed E-state index contributed by atoms with van der Waals surface area (Å²) in [5.74, 6) is -3.01. The Kier molecular flexibility index (Phi) is 3.29. The van der Waals surface area contributed by atoms with Crippen molar-refractivity contribution in [1.29, 1.82) is 0 Å². The first-order valence-electron chi connectivity index (χ1n) is 4.79. The average Bonchev–Trinajstić information content (AvgIpc) is 2.18. The van der Waals surface area contributed by atoms with E-state index in [9.17, 15) is 14.7 Å². The second-order valence-corrected chi connectivity index (χ2v) is 3.71. The van der Waals surface area contributed by atoms with E-state index >= 15 is 0 Å². The van der Waals surface area contributed by atoms with E-state index in [-0.39, 0.29) is 6.42 Å². The number of carboxylic acids is 2. The van der Waals surface area contributed by atoms with Crippen LogP contribution in [0, 0.1) is 11.3 Å². The highest BCUT2D eigenvalue weighted by Gasteiger charge is 2.47. The SMILES string of the molecule is C=CCC1(C(=O)O)C=CCCC1C(=O)O. The molecule has 2 atom stereocenters. The molecule has 82 valence electrons. The lowest BCUT2D eigenvalue weighted by Gasteiger charge is -2.33. The molecule has 4 heteroatoms. The highest BCUT2D eigenvalue weighted by molar-refractivity contribution is 5.85. The average molecular weight is 210 g/mol. The Bertz CT molecular complexity index is 319. The van der Waals surface area contributed by atoms with Gasteiger partial charge < -0.3 is 10.2 Å². The molecule has 0 aliphatic heterocycles. The molecule has 0 spiro atoms. The van der Waals surface area contributed by atoms with Crippen LogP contribution in [0.2, 0.25) is 0 Å². The van der Waals surface area contributed by atoms with Gasteiger partial charge in [0.1, 0.15) is 5.41 Å². The summed E-state index contributed by atoms with van der Waals surface area (Å²) in [7, 11) is 0. The number of hydrogen-bond acceptors (Lipinski definition) is 2. The number of allylic oxidation sites excluding steroid dienone is 2. The van der Waals surface area contributed by atoms with Crippen LogP contribution in [0.25, 0.3) is 0 Å². The standard InChI is InChI=1S/C11H14O4/c1-2-6-11(10(14)15)7-4-3-5-8(11)9(12)13/h2,4,7-8H,1,3,5-6H2,(H,12,13)(H,14,15). The van der Waals surface area contributed by atoms with Gasteiger partial charge in [0, 0.05) is 0 Å². The van der Waals surface area contributed by atoms with Crippen LogP contribution in [0.1, 0.15) is 19.3 Å². The molecule has 0 bridgehead atoms. The van der Waals surface area contributed by atoms with Gasteiger partial charge in [0.2, 0.25) is 0 Å². The number of carbonyl (C=O) groups is 2. The van der Waals surface area contributed by atoms with Gasteiger partial charge in [-0.2, -0.15) is 0 Å². The summed E-state index contributed by atoms with van der Waals surface area (Å²) in [5.41, 5.74) is -1.31. The maximum absolute atomic E-state index is 11.2. The maximum Gasteiger partial charge on any atom is 0.314 e. The van der Waals surface area contributed by atoms with Gasteiger partial charge in [0.05, 0.1) is 5.92 Å². The summed E-state index contributed by atoms with van der Waals surface area (Å²) in [4.78, 5) is 22.2. The number of hydrogen-bond donors (Lipinski definition) is 2. The van der Waals surface area contributed by atoms with Crippen molar-refractivity contribution in [2.75, 3.05) is 0 Å². The third-order valence-corrected chi connectivity index (χ3v) is 2.84. The smallest absolute Gasteiger partial charge is 0.314 e. The predicted octanol–water partition coefficient (Wildman–Crippen LogP) is 1.68. The molecule has 15 heavy (non-hydrogen) atoms. The van der Waals surface area contributed by atoms with E-state index in [2.05, 4.69) is 6.58 Å². The highest BCUT2D eigenvalue weighted by Crippen LogP contribution is 2.40. The minimum atomic E-state index is -1.31. The van der Waals surface area contributed by atoms with E-state index < -0.39 is 23.3 Å². The molecule has 4 nitrogen and oxygen atoms in total. The molecule has 1 rings (SSSR count). The van der Waals surface area contributed by atoms with Crippen molar-refractivity contribution in [3.05, 3.63) is 24.8 Å². The first-order valence-corrected chi connectivity index (χ1v) is 4.79. The first-order chi connectivity index (χ1) is 7.04. The Morgan fingerprint density at radius 3 is 2.67 bits per heavy atom. The Hall–Kier alpha value is -1.58. The molecule has 2 unspecified atom stereocenters. The number of aliphatic carboxylic acids is 2. The fourth-order valence-electron chi connectivity index (χ4n) is 2.03. The predicted molar refractivity (Wildman–Crippen MR) is 54.4 cm³/mol. The van der Waals surface area contributed by atoms with Crippen molar-refractivity contribution >= 4 is 11.9 Å². The first kappa shape index (κ1) is 11.5. The van der Waals surface area contributed by atoms with Gasteiger partial charge in [0.25, 0.3) is 0 Å². The lowest BCUT2D eigenvalue weighted by Crippen LogP contribution is -2.42. The van der Waals surface area contributed by atoms with Crippen LogP contribution in [0.3, 0.4) is 0 Å². The molecule has 0 aromatic carbocycles. The molecule has 0 aromatic heterocycles. The molecular formula is C11H14O4. The van der Waals surface area contributed by atoms with Crippen LogP contribution < -0.4 is 0 Å². The van der Waals surface area contributed by atoms with Crippen LogP contribution in [0.5, 0.6) is 0 Å². The maximum atomic E-state index is 11.2. The van der Waals surface area contributed by atoms with Crippen molar-refractivity contribution in [3.63, 3.8) is 0 Å². The minimum absolute atomic E-state index is 0.149. The van der Waals surface area contributed by atoms with Gasteiger partial charge in [-0.15, -0.1) is 6.58 Å². The Morgan fingerprint density at radius 1 is 1.53 bits per heavy atom. The van der Waals surface area contributed by atoms with Gasteiger partial charge in [-0.05, 0) is 19.3 Å². The van der Waals surface area contributed by atoms with Gasteiger partial charge in [-0.1, -0.05) is 18.2 Å². The summed E-state index contributed by atoms with van der Waals surface area (Å²) in [5, 5.41) is 18.2. The van der Waals surface area contributed by atoms with E-state index in [4.69, 9.17) is 5.11 Å². The quantitative estimate of drug-likeness (QED) is 0.692. The summed E-state index contributed by atoms with van der Waals surface area (Å²) in [6.07, 6.45) is 5.82. The Morgan fingerprint density at radius 2 is 2.20 bits per heavy atom. The van der Waals surface area contributed by atoms with E-state index in [1.807, 2.05) is 0 Å². The van der Waals surface area contributed by atoms with Gasteiger partial charge in [0.15, 0.2) is 0 Å². The monoisotopic (exact) mass is 210 g/mol. The van der Waals surface area contributed by atoms with E-state index in [1.165, 1.54) is 12.2 Å². The lowest BCUT2D eigenvalue weighted by molar-refractivity contribution is -0.159. The molecule has 0 saturated carbocycles. The highest BCUT2D eigenvalue weighted by atomic mass is 16.4. The Labute approximate surface area is 87.9 Å². The van der Waals surface area contributed by atoms with Crippen molar-refractivity contribution in [2.45, 2.75) is 19.3 Å².